The SMILES string of the molecule is O=C(Nc1cccnc1-n1cncn1)C1CNC1. The maximum absolute atomic E-state index is 11.9. The quantitative estimate of drug-likeness (QED) is 0.782. The third-order valence-corrected chi connectivity index (χ3v) is 2.83. The van der Waals surface area contributed by atoms with Crippen LogP contribution >= 0.6 is 0 Å². The number of aromatic nitrogens is 4. The predicted octanol–water partition coefficient (Wildman–Crippen LogP) is -0.180. The summed E-state index contributed by atoms with van der Waals surface area (Å²) in [6.07, 6.45) is 4.62. The molecule has 1 aliphatic heterocycles. The van der Waals surface area contributed by atoms with Gasteiger partial charge in [-0.2, -0.15) is 5.10 Å². The zero-order chi connectivity index (χ0) is 12.4. The number of pyridine rings is 1. The second-order valence-corrected chi connectivity index (χ2v) is 4.06. The predicted molar refractivity (Wildman–Crippen MR) is 64.1 cm³/mol. The minimum Gasteiger partial charge on any atom is -0.323 e. The summed E-state index contributed by atoms with van der Waals surface area (Å²) in [7, 11) is 0. The van der Waals surface area contributed by atoms with Crippen molar-refractivity contribution < 1.29 is 4.79 Å². The first-order valence-electron chi connectivity index (χ1n) is 5.66. The van der Waals surface area contributed by atoms with Crippen LogP contribution in [-0.4, -0.2) is 38.7 Å². The van der Waals surface area contributed by atoms with E-state index in [1.807, 2.05) is 0 Å². The third kappa shape index (κ3) is 1.95. The van der Waals surface area contributed by atoms with E-state index in [-0.39, 0.29) is 11.8 Å². The zero-order valence-corrected chi connectivity index (χ0v) is 9.58. The Balaban J connectivity index is 1.85. The Labute approximate surface area is 103 Å². The molecule has 1 fully saturated rings. The molecule has 2 aromatic rings. The lowest BCUT2D eigenvalue weighted by atomic mass is 10.0. The number of rotatable bonds is 3. The lowest BCUT2D eigenvalue weighted by molar-refractivity contribution is -0.121. The normalized spacial score (nSPS) is 15.1. The largest absolute Gasteiger partial charge is 0.323 e. The van der Waals surface area contributed by atoms with Gasteiger partial charge in [-0.1, -0.05) is 0 Å². The smallest absolute Gasteiger partial charge is 0.230 e. The summed E-state index contributed by atoms with van der Waals surface area (Å²) >= 11 is 0. The fraction of sp³-hybridized carbons (Fsp3) is 0.273. The number of carbonyl (C=O) groups excluding carboxylic acids is 1. The number of nitrogens with zero attached hydrogens (tertiary/aromatic N) is 4. The molecule has 18 heavy (non-hydrogen) atoms. The molecule has 0 radical (unpaired) electrons. The summed E-state index contributed by atoms with van der Waals surface area (Å²) in [5.41, 5.74) is 0.639. The van der Waals surface area contributed by atoms with Crippen molar-refractivity contribution in [2.45, 2.75) is 0 Å². The van der Waals surface area contributed by atoms with Gasteiger partial charge in [0.25, 0.3) is 0 Å². The van der Waals surface area contributed by atoms with Crippen molar-refractivity contribution in [3.8, 4) is 5.82 Å². The Kier molecular flexibility index (Phi) is 2.73. The molecule has 0 saturated carbocycles. The highest BCUT2D eigenvalue weighted by Gasteiger charge is 2.25. The van der Waals surface area contributed by atoms with Gasteiger partial charge in [-0.15, -0.1) is 0 Å². The van der Waals surface area contributed by atoms with Crippen molar-refractivity contribution in [1.29, 1.82) is 0 Å². The van der Waals surface area contributed by atoms with Gasteiger partial charge in [0.2, 0.25) is 5.91 Å². The Morgan fingerprint density at radius 2 is 2.39 bits per heavy atom. The van der Waals surface area contributed by atoms with Gasteiger partial charge in [-0.05, 0) is 12.1 Å². The molecule has 1 aliphatic rings. The molecule has 1 saturated heterocycles. The van der Waals surface area contributed by atoms with Crippen molar-refractivity contribution in [1.82, 2.24) is 25.1 Å². The van der Waals surface area contributed by atoms with Crippen LogP contribution < -0.4 is 10.6 Å². The molecule has 0 aromatic carbocycles. The van der Waals surface area contributed by atoms with E-state index >= 15 is 0 Å². The van der Waals surface area contributed by atoms with Crippen molar-refractivity contribution >= 4 is 11.6 Å². The number of anilines is 1. The highest BCUT2D eigenvalue weighted by Crippen LogP contribution is 2.17. The van der Waals surface area contributed by atoms with E-state index in [0.29, 0.717) is 11.5 Å². The zero-order valence-electron chi connectivity index (χ0n) is 9.58. The summed E-state index contributed by atoms with van der Waals surface area (Å²) in [5.74, 6) is 0.604. The number of carbonyl (C=O) groups is 1. The summed E-state index contributed by atoms with van der Waals surface area (Å²) in [6, 6.07) is 3.57. The molecule has 0 spiro atoms. The molecule has 92 valence electrons. The maximum Gasteiger partial charge on any atom is 0.230 e. The molecule has 0 atom stereocenters. The van der Waals surface area contributed by atoms with Crippen molar-refractivity contribution in [2.75, 3.05) is 18.4 Å². The number of hydrogen-bond acceptors (Lipinski definition) is 5. The molecular formula is C11H12N6O. The summed E-state index contributed by atoms with van der Waals surface area (Å²) in [4.78, 5) is 20.0. The van der Waals surface area contributed by atoms with E-state index in [2.05, 4.69) is 25.7 Å². The molecule has 0 unspecified atom stereocenters. The van der Waals surface area contributed by atoms with E-state index in [9.17, 15) is 4.79 Å². The van der Waals surface area contributed by atoms with Crippen molar-refractivity contribution in [3.63, 3.8) is 0 Å². The van der Waals surface area contributed by atoms with Gasteiger partial charge in [0.1, 0.15) is 12.7 Å². The minimum atomic E-state index is 0.00288. The standard InChI is InChI=1S/C11H12N6O/c18-11(8-4-12-5-8)16-9-2-1-3-14-10(9)17-7-13-6-15-17/h1-3,6-8,12H,4-5H2,(H,16,18). The van der Waals surface area contributed by atoms with Crippen LogP contribution in [-0.2, 0) is 4.79 Å². The number of amides is 1. The Hall–Kier alpha value is -2.28. The van der Waals surface area contributed by atoms with E-state index in [1.165, 1.54) is 11.0 Å². The van der Waals surface area contributed by atoms with Crippen molar-refractivity contribution in [2.24, 2.45) is 5.92 Å². The van der Waals surface area contributed by atoms with Crippen LogP contribution in [0.5, 0.6) is 0 Å². The molecular weight excluding hydrogens is 232 g/mol. The topological polar surface area (TPSA) is 84.7 Å². The Morgan fingerprint density at radius 3 is 3.06 bits per heavy atom. The van der Waals surface area contributed by atoms with Gasteiger partial charge in [0.15, 0.2) is 5.82 Å². The van der Waals surface area contributed by atoms with Gasteiger partial charge < -0.3 is 10.6 Å². The van der Waals surface area contributed by atoms with Crippen LogP contribution in [0.3, 0.4) is 0 Å². The van der Waals surface area contributed by atoms with Gasteiger partial charge >= 0.3 is 0 Å². The van der Waals surface area contributed by atoms with Gasteiger partial charge in [0, 0.05) is 19.3 Å². The molecule has 7 nitrogen and oxygen atoms in total. The van der Waals surface area contributed by atoms with Gasteiger partial charge in [0.05, 0.1) is 11.6 Å². The Bertz CT molecular complexity index is 548. The van der Waals surface area contributed by atoms with E-state index in [0.717, 1.165) is 13.1 Å². The minimum absolute atomic E-state index is 0.00288. The molecule has 0 bridgehead atoms. The highest BCUT2D eigenvalue weighted by molar-refractivity contribution is 5.94. The first kappa shape index (κ1) is 10.8. The van der Waals surface area contributed by atoms with Crippen LogP contribution in [0.25, 0.3) is 5.82 Å². The first-order valence-corrected chi connectivity index (χ1v) is 5.66. The van der Waals surface area contributed by atoms with Crippen LogP contribution in [0, 0.1) is 5.92 Å². The second kappa shape index (κ2) is 4.53. The molecule has 0 aliphatic carbocycles. The van der Waals surface area contributed by atoms with Crippen LogP contribution in [0.2, 0.25) is 0 Å². The fourth-order valence-electron chi connectivity index (χ4n) is 1.70. The Morgan fingerprint density at radius 1 is 1.50 bits per heavy atom. The average molecular weight is 244 g/mol. The number of nitrogens with one attached hydrogen (secondary N) is 2. The molecule has 7 heteroatoms. The second-order valence-electron chi connectivity index (χ2n) is 4.06. The lowest BCUT2D eigenvalue weighted by Crippen LogP contribution is -2.48. The maximum atomic E-state index is 11.9. The fourth-order valence-corrected chi connectivity index (χ4v) is 1.70. The first-order chi connectivity index (χ1) is 8.84. The van der Waals surface area contributed by atoms with Crippen LogP contribution in [0.1, 0.15) is 0 Å². The average Bonchev–Trinajstić information content (AvgIpc) is 2.80. The third-order valence-electron chi connectivity index (χ3n) is 2.83. The monoisotopic (exact) mass is 244 g/mol. The van der Waals surface area contributed by atoms with Crippen molar-refractivity contribution in [3.05, 3.63) is 31.0 Å². The molecule has 2 N–H and O–H groups in total. The highest BCUT2D eigenvalue weighted by atomic mass is 16.2. The summed E-state index contributed by atoms with van der Waals surface area (Å²) < 4.78 is 1.52. The number of hydrogen-bond donors (Lipinski definition) is 2. The van der Waals surface area contributed by atoms with Gasteiger partial charge in [-0.25, -0.2) is 14.6 Å². The van der Waals surface area contributed by atoms with E-state index in [4.69, 9.17) is 0 Å². The summed E-state index contributed by atoms with van der Waals surface area (Å²) in [6.45, 7) is 1.45. The summed E-state index contributed by atoms with van der Waals surface area (Å²) in [5, 5.41) is 9.95. The molecule has 3 rings (SSSR count). The molecule has 2 aromatic heterocycles. The van der Waals surface area contributed by atoms with E-state index in [1.54, 1.807) is 24.7 Å². The van der Waals surface area contributed by atoms with E-state index < -0.39 is 0 Å². The van der Waals surface area contributed by atoms with Crippen LogP contribution in [0.4, 0.5) is 5.69 Å². The van der Waals surface area contributed by atoms with Gasteiger partial charge in [-0.3, -0.25) is 4.79 Å². The lowest BCUT2D eigenvalue weighted by Gasteiger charge is -2.26. The molecule has 1 amide bonds. The molecule has 3 heterocycles. The van der Waals surface area contributed by atoms with Crippen LogP contribution in [0.15, 0.2) is 31.0 Å².